The highest BCUT2D eigenvalue weighted by Crippen LogP contribution is 2.42. The van der Waals surface area contributed by atoms with Crippen LogP contribution < -0.4 is 10.1 Å². The third-order valence-electron chi connectivity index (χ3n) is 6.38. The molecule has 3 aromatic rings. The first-order valence-electron chi connectivity index (χ1n) is 10.8. The van der Waals surface area contributed by atoms with Crippen LogP contribution in [0, 0.1) is 18.8 Å². The summed E-state index contributed by atoms with van der Waals surface area (Å²) in [6.07, 6.45) is 7.48. The zero-order valence-electron chi connectivity index (χ0n) is 17.6. The highest BCUT2D eigenvalue weighted by molar-refractivity contribution is 5.89. The Bertz CT molecular complexity index is 1020. The van der Waals surface area contributed by atoms with E-state index in [1.807, 2.05) is 64.3 Å². The monoisotopic (exact) mass is 417 g/mol. The average Bonchev–Trinajstić information content (AvgIpc) is 3.40. The van der Waals surface area contributed by atoms with Crippen LogP contribution in [0.25, 0.3) is 0 Å². The molecule has 160 valence electrons. The molecular formula is C24H27N5O2. The Balaban J connectivity index is 1.32. The van der Waals surface area contributed by atoms with Crippen molar-refractivity contribution in [3.8, 4) is 5.88 Å². The van der Waals surface area contributed by atoms with Gasteiger partial charge in [-0.05, 0) is 55.4 Å². The minimum atomic E-state index is -0.0346. The van der Waals surface area contributed by atoms with E-state index in [4.69, 9.17) is 4.74 Å². The second-order valence-electron chi connectivity index (χ2n) is 8.58. The number of fused-ring (bicyclic) bond motifs is 1. The van der Waals surface area contributed by atoms with Crippen LogP contribution in [0.15, 0.2) is 67.1 Å². The number of benzene rings is 1. The van der Waals surface area contributed by atoms with Crippen LogP contribution in [-0.4, -0.2) is 44.9 Å². The van der Waals surface area contributed by atoms with E-state index in [0.29, 0.717) is 17.7 Å². The lowest BCUT2D eigenvalue weighted by molar-refractivity contribution is 0.0459. The summed E-state index contributed by atoms with van der Waals surface area (Å²) in [5, 5.41) is 7.60. The molecule has 0 unspecified atom stereocenters. The third kappa shape index (κ3) is 4.26. The van der Waals surface area contributed by atoms with Gasteiger partial charge in [0.15, 0.2) is 0 Å². The van der Waals surface area contributed by atoms with E-state index in [2.05, 4.69) is 28.5 Å². The van der Waals surface area contributed by atoms with Crippen LogP contribution in [0.2, 0.25) is 0 Å². The van der Waals surface area contributed by atoms with Crippen molar-refractivity contribution in [1.29, 1.82) is 0 Å². The average molecular weight is 418 g/mol. The molecule has 1 aliphatic heterocycles. The van der Waals surface area contributed by atoms with Crippen molar-refractivity contribution in [1.82, 2.24) is 19.7 Å². The predicted octanol–water partition coefficient (Wildman–Crippen LogP) is 4.15. The number of hydrogen-bond acceptors (Lipinski definition) is 4. The second-order valence-corrected chi connectivity index (χ2v) is 8.58. The number of para-hydroxylation sites is 1. The van der Waals surface area contributed by atoms with Crippen LogP contribution in [0.1, 0.15) is 24.4 Å². The fraction of sp³-hybridized carbons (Fsp3) is 0.375. The largest absolute Gasteiger partial charge is 0.472 e. The van der Waals surface area contributed by atoms with E-state index in [9.17, 15) is 4.79 Å². The Morgan fingerprint density at radius 3 is 2.55 bits per heavy atom. The smallest absolute Gasteiger partial charge is 0.321 e. The van der Waals surface area contributed by atoms with Crippen molar-refractivity contribution in [2.45, 2.75) is 31.9 Å². The van der Waals surface area contributed by atoms with Gasteiger partial charge in [-0.3, -0.25) is 4.68 Å². The highest BCUT2D eigenvalue weighted by atomic mass is 16.5. The number of hydrogen-bond donors (Lipinski definition) is 1. The summed E-state index contributed by atoms with van der Waals surface area (Å²) < 4.78 is 8.37. The molecule has 1 saturated carbocycles. The van der Waals surface area contributed by atoms with Crippen molar-refractivity contribution >= 4 is 11.7 Å². The Morgan fingerprint density at radius 2 is 1.84 bits per heavy atom. The fourth-order valence-electron chi connectivity index (χ4n) is 4.87. The summed E-state index contributed by atoms with van der Waals surface area (Å²) in [6, 6.07) is 15.4. The first-order chi connectivity index (χ1) is 15.2. The first-order valence-corrected chi connectivity index (χ1v) is 10.8. The van der Waals surface area contributed by atoms with E-state index >= 15 is 0 Å². The fourth-order valence-corrected chi connectivity index (χ4v) is 4.87. The van der Waals surface area contributed by atoms with Crippen LogP contribution in [0.4, 0.5) is 10.5 Å². The summed E-state index contributed by atoms with van der Waals surface area (Å²) in [7, 11) is 0. The zero-order valence-corrected chi connectivity index (χ0v) is 17.6. The van der Waals surface area contributed by atoms with Crippen LogP contribution >= 0.6 is 0 Å². The number of ether oxygens (including phenoxy) is 1. The standard InChI is InChI=1S/C24H27N5O2/c1-17-13-26-29(14-17)21-11-18-15-28(24(30)27-20-7-3-2-4-8-20)16-19(18)12-22(21)31-23-9-5-6-10-25-23/h2-10,13-14,18-19,21-22H,11-12,15-16H2,1H3,(H,27,30)/t18-,19+,21-,22-/m0/s1. The molecule has 1 saturated heterocycles. The predicted molar refractivity (Wildman–Crippen MR) is 118 cm³/mol. The van der Waals surface area contributed by atoms with E-state index < -0.39 is 0 Å². The van der Waals surface area contributed by atoms with Gasteiger partial charge in [0.2, 0.25) is 5.88 Å². The van der Waals surface area contributed by atoms with E-state index in [1.165, 1.54) is 0 Å². The minimum absolute atomic E-state index is 0.0331. The number of nitrogens with one attached hydrogen (secondary N) is 1. The second kappa shape index (κ2) is 8.41. The van der Waals surface area contributed by atoms with Crippen molar-refractivity contribution in [2.75, 3.05) is 18.4 Å². The van der Waals surface area contributed by atoms with Gasteiger partial charge in [0, 0.05) is 37.2 Å². The number of nitrogens with zero attached hydrogens (tertiary/aromatic N) is 4. The number of rotatable bonds is 4. The molecule has 2 fully saturated rings. The van der Waals surface area contributed by atoms with Gasteiger partial charge >= 0.3 is 6.03 Å². The number of likely N-dealkylation sites (tertiary alicyclic amines) is 1. The van der Waals surface area contributed by atoms with Gasteiger partial charge in [-0.25, -0.2) is 9.78 Å². The van der Waals surface area contributed by atoms with Gasteiger partial charge in [0.05, 0.1) is 12.2 Å². The quantitative estimate of drug-likeness (QED) is 0.692. The summed E-state index contributed by atoms with van der Waals surface area (Å²) in [4.78, 5) is 19.1. The maximum atomic E-state index is 12.8. The molecule has 0 radical (unpaired) electrons. The Labute approximate surface area is 182 Å². The first kappa shape index (κ1) is 19.6. The Hall–Kier alpha value is -3.35. The number of anilines is 1. The molecule has 1 aromatic carbocycles. The van der Waals surface area contributed by atoms with Crippen molar-refractivity contribution in [3.05, 3.63) is 72.7 Å². The summed E-state index contributed by atoms with van der Waals surface area (Å²) >= 11 is 0. The Kier molecular flexibility index (Phi) is 5.32. The number of pyridine rings is 1. The highest BCUT2D eigenvalue weighted by Gasteiger charge is 2.45. The molecule has 0 spiro atoms. The van der Waals surface area contributed by atoms with E-state index in [1.54, 1.807) is 6.20 Å². The molecule has 7 heteroatoms. The maximum absolute atomic E-state index is 12.8. The van der Waals surface area contributed by atoms with Gasteiger partial charge in [0.25, 0.3) is 0 Å². The topological polar surface area (TPSA) is 72.3 Å². The van der Waals surface area contributed by atoms with E-state index in [-0.39, 0.29) is 18.2 Å². The molecule has 2 aromatic heterocycles. The maximum Gasteiger partial charge on any atom is 0.321 e. The number of carbonyl (C=O) groups excluding carboxylic acids is 1. The molecule has 4 atom stereocenters. The van der Waals surface area contributed by atoms with Crippen molar-refractivity contribution in [2.24, 2.45) is 11.8 Å². The molecule has 2 aliphatic rings. The van der Waals surface area contributed by atoms with Gasteiger partial charge in [-0.15, -0.1) is 0 Å². The van der Waals surface area contributed by atoms with Crippen molar-refractivity contribution in [3.63, 3.8) is 0 Å². The summed E-state index contributed by atoms with van der Waals surface area (Å²) in [5.41, 5.74) is 1.96. The van der Waals surface area contributed by atoms with Crippen LogP contribution in [0.3, 0.4) is 0 Å². The molecule has 3 heterocycles. The minimum Gasteiger partial charge on any atom is -0.472 e. The molecular weight excluding hydrogens is 390 g/mol. The molecule has 31 heavy (non-hydrogen) atoms. The molecule has 2 amide bonds. The zero-order chi connectivity index (χ0) is 21.2. The lowest BCUT2D eigenvalue weighted by atomic mass is 9.77. The number of aromatic nitrogens is 3. The number of carbonyl (C=O) groups is 1. The summed E-state index contributed by atoms with van der Waals surface area (Å²) in [6.45, 7) is 3.56. The number of urea groups is 1. The van der Waals surface area contributed by atoms with Crippen LogP contribution in [0.5, 0.6) is 5.88 Å². The van der Waals surface area contributed by atoms with Gasteiger partial charge in [-0.1, -0.05) is 24.3 Å². The SMILES string of the molecule is Cc1cnn([C@H]2C[C@H]3CN(C(=O)Nc4ccccc4)C[C@H]3C[C@@H]2Oc2ccccn2)c1. The van der Waals surface area contributed by atoms with E-state index in [0.717, 1.165) is 37.2 Å². The molecule has 0 bridgehead atoms. The lowest BCUT2D eigenvalue weighted by Crippen LogP contribution is -2.40. The third-order valence-corrected chi connectivity index (χ3v) is 6.38. The molecule has 5 rings (SSSR count). The van der Waals surface area contributed by atoms with Crippen LogP contribution in [-0.2, 0) is 0 Å². The van der Waals surface area contributed by atoms with Gasteiger partial charge in [-0.2, -0.15) is 5.10 Å². The molecule has 7 nitrogen and oxygen atoms in total. The van der Waals surface area contributed by atoms with Crippen molar-refractivity contribution < 1.29 is 9.53 Å². The normalized spacial score (nSPS) is 25.1. The lowest BCUT2D eigenvalue weighted by Gasteiger charge is -2.37. The number of amides is 2. The van der Waals surface area contributed by atoms with Gasteiger partial charge < -0.3 is 15.0 Å². The summed E-state index contributed by atoms with van der Waals surface area (Å²) in [5.74, 6) is 1.47. The number of aryl methyl sites for hydroxylation is 1. The Morgan fingerprint density at radius 1 is 1.06 bits per heavy atom. The van der Waals surface area contributed by atoms with Gasteiger partial charge in [0.1, 0.15) is 6.10 Å². The molecule has 1 N–H and O–H groups in total. The molecule has 1 aliphatic carbocycles.